The average Bonchev–Trinajstić information content (AvgIpc) is 2.72. The van der Waals surface area contributed by atoms with Crippen LogP contribution in [0.4, 0.5) is 0 Å². The van der Waals surface area contributed by atoms with Crippen molar-refractivity contribution in [2.24, 2.45) is 0 Å². The number of fused-ring (bicyclic) bond motifs is 1. The van der Waals surface area contributed by atoms with Crippen LogP contribution in [-0.2, 0) is 20.8 Å². The second-order valence-electron chi connectivity index (χ2n) is 4.13. The summed E-state index contributed by atoms with van der Waals surface area (Å²) in [6.07, 6.45) is -0.0808. The Hall–Kier alpha value is -1.81. The van der Waals surface area contributed by atoms with E-state index in [4.69, 9.17) is 0 Å². The molecule has 0 amide bonds. The number of hydrogen-bond acceptors (Lipinski definition) is 4. The van der Waals surface area contributed by atoms with Gasteiger partial charge < -0.3 is 0 Å². The van der Waals surface area contributed by atoms with Gasteiger partial charge in [0.25, 0.3) is 0 Å². The minimum atomic E-state index is -0.612. The Kier molecular flexibility index (Phi) is 3.67. The molecule has 4 heteroatoms. The third-order valence-electron chi connectivity index (χ3n) is 2.70. The van der Waals surface area contributed by atoms with Crippen molar-refractivity contribution >= 4 is 38.8 Å². The number of Topliss-reactive ketones (excluding diaryl/α,β-unsaturated/α-hetero) is 3. The van der Waals surface area contributed by atoms with Crippen molar-refractivity contribution < 1.29 is 14.4 Å². The zero-order chi connectivity index (χ0) is 13.1. The van der Waals surface area contributed by atoms with Gasteiger partial charge in [0.1, 0.15) is 5.78 Å². The van der Waals surface area contributed by atoms with Gasteiger partial charge in [-0.25, -0.2) is 0 Å². The van der Waals surface area contributed by atoms with Gasteiger partial charge in [0.05, 0.1) is 6.42 Å². The van der Waals surface area contributed by atoms with Crippen LogP contribution >= 0.6 is 11.3 Å². The molecule has 0 spiro atoms. The smallest absolute Gasteiger partial charge is 0.205 e. The summed E-state index contributed by atoms with van der Waals surface area (Å²) in [6.45, 7) is 1.19. The van der Waals surface area contributed by atoms with Gasteiger partial charge in [-0.05, 0) is 22.4 Å². The van der Waals surface area contributed by atoms with Crippen molar-refractivity contribution in [3.63, 3.8) is 0 Å². The van der Waals surface area contributed by atoms with Gasteiger partial charge in [-0.3, -0.25) is 14.4 Å². The Bertz CT molecular complexity index is 625. The van der Waals surface area contributed by atoms with Crippen molar-refractivity contribution in [2.45, 2.75) is 19.8 Å². The molecule has 0 radical (unpaired) electrons. The van der Waals surface area contributed by atoms with Crippen LogP contribution in [0.25, 0.3) is 10.1 Å². The minimum absolute atomic E-state index is 0.209. The highest BCUT2D eigenvalue weighted by molar-refractivity contribution is 7.17. The molecule has 0 saturated carbocycles. The Morgan fingerprint density at radius 3 is 2.61 bits per heavy atom. The van der Waals surface area contributed by atoms with Crippen LogP contribution in [0.1, 0.15) is 18.9 Å². The van der Waals surface area contributed by atoms with Gasteiger partial charge >= 0.3 is 0 Å². The standard InChI is InChI=1S/C14H12O3S/c1-9(15)13(17)7-11(16)6-10-8-18-14-5-3-2-4-12(10)14/h2-5,8H,6-7H2,1H3. The van der Waals surface area contributed by atoms with Crippen LogP contribution in [0, 0.1) is 0 Å². The fraction of sp³-hybridized carbons (Fsp3) is 0.214. The Labute approximate surface area is 108 Å². The van der Waals surface area contributed by atoms with Gasteiger partial charge in [0, 0.05) is 18.0 Å². The van der Waals surface area contributed by atoms with Crippen LogP contribution in [0.3, 0.4) is 0 Å². The quantitative estimate of drug-likeness (QED) is 0.613. The molecule has 0 aliphatic carbocycles. The van der Waals surface area contributed by atoms with Crippen LogP contribution in [0.2, 0.25) is 0 Å². The molecule has 18 heavy (non-hydrogen) atoms. The van der Waals surface area contributed by atoms with Crippen LogP contribution < -0.4 is 0 Å². The van der Waals surface area contributed by atoms with Gasteiger partial charge in [-0.15, -0.1) is 11.3 Å². The number of benzene rings is 1. The molecule has 2 aromatic rings. The van der Waals surface area contributed by atoms with Crippen molar-refractivity contribution in [2.75, 3.05) is 0 Å². The van der Waals surface area contributed by atoms with E-state index in [0.29, 0.717) is 0 Å². The highest BCUT2D eigenvalue weighted by Gasteiger charge is 2.15. The number of ketones is 3. The maximum absolute atomic E-state index is 11.7. The van der Waals surface area contributed by atoms with Crippen molar-refractivity contribution in [1.29, 1.82) is 0 Å². The van der Waals surface area contributed by atoms with Crippen LogP contribution in [0.15, 0.2) is 29.6 Å². The molecule has 0 unspecified atom stereocenters. The Morgan fingerprint density at radius 2 is 1.89 bits per heavy atom. The average molecular weight is 260 g/mol. The van der Waals surface area contributed by atoms with E-state index in [-0.39, 0.29) is 18.6 Å². The number of carbonyl (C=O) groups excluding carboxylic acids is 3. The molecule has 0 aliphatic heterocycles. The largest absolute Gasteiger partial charge is 0.299 e. The highest BCUT2D eigenvalue weighted by Crippen LogP contribution is 2.26. The monoisotopic (exact) mass is 260 g/mol. The molecule has 0 N–H and O–H groups in total. The lowest BCUT2D eigenvalue weighted by atomic mass is 10.0. The summed E-state index contributed by atoms with van der Waals surface area (Å²) >= 11 is 1.58. The molecule has 0 fully saturated rings. The number of rotatable bonds is 5. The molecule has 1 aromatic heterocycles. The number of hydrogen-bond donors (Lipinski definition) is 0. The molecular formula is C14H12O3S. The molecule has 92 valence electrons. The zero-order valence-electron chi connectivity index (χ0n) is 9.93. The lowest BCUT2D eigenvalue weighted by Gasteiger charge is -1.98. The molecule has 3 nitrogen and oxygen atoms in total. The van der Waals surface area contributed by atoms with Crippen LogP contribution in [-0.4, -0.2) is 17.3 Å². The van der Waals surface area contributed by atoms with Gasteiger partial charge in [-0.2, -0.15) is 0 Å². The first-order valence-corrected chi connectivity index (χ1v) is 6.46. The first kappa shape index (κ1) is 12.6. The van der Waals surface area contributed by atoms with Crippen molar-refractivity contribution in [1.82, 2.24) is 0 Å². The Morgan fingerprint density at radius 1 is 1.17 bits per heavy atom. The van der Waals surface area contributed by atoms with E-state index in [1.165, 1.54) is 6.92 Å². The van der Waals surface area contributed by atoms with E-state index in [1.807, 2.05) is 29.6 Å². The molecule has 0 bridgehead atoms. The first-order chi connectivity index (χ1) is 8.58. The molecule has 0 aliphatic rings. The van der Waals surface area contributed by atoms with Crippen LogP contribution in [0.5, 0.6) is 0 Å². The highest BCUT2D eigenvalue weighted by atomic mass is 32.1. The lowest BCUT2D eigenvalue weighted by molar-refractivity contribution is -0.137. The van der Waals surface area contributed by atoms with Gasteiger partial charge in [0.2, 0.25) is 5.78 Å². The van der Waals surface area contributed by atoms with Gasteiger partial charge in [0.15, 0.2) is 5.78 Å². The van der Waals surface area contributed by atoms with Crippen molar-refractivity contribution in [3.05, 3.63) is 35.2 Å². The van der Waals surface area contributed by atoms with Crippen molar-refractivity contribution in [3.8, 4) is 0 Å². The summed E-state index contributed by atoms with van der Waals surface area (Å²) in [5, 5.41) is 2.98. The van der Waals surface area contributed by atoms with E-state index >= 15 is 0 Å². The zero-order valence-corrected chi connectivity index (χ0v) is 10.8. The first-order valence-electron chi connectivity index (χ1n) is 5.58. The molecule has 1 aromatic carbocycles. The second kappa shape index (κ2) is 5.23. The SMILES string of the molecule is CC(=O)C(=O)CC(=O)Cc1csc2ccccc12. The summed E-state index contributed by atoms with van der Waals surface area (Å²) < 4.78 is 1.12. The summed E-state index contributed by atoms with van der Waals surface area (Å²) in [6, 6.07) is 7.82. The number of carbonyl (C=O) groups is 3. The second-order valence-corrected chi connectivity index (χ2v) is 5.04. The third-order valence-corrected chi connectivity index (χ3v) is 3.71. The topological polar surface area (TPSA) is 51.2 Å². The third kappa shape index (κ3) is 2.71. The fourth-order valence-electron chi connectivity index (χ4n) is 1.75. The van der Waals surface area contributed by atoms with E-state index < -0.39 is 11.6 Å². The predicted octanol–water partition coefficient (Wildman–Crippen LogP) is 2.56. The molecule has 2 rings (SSSR count). The molecule has 1 heterocycles. The summed E-state index contributed by atoms with van der Waals surface area (Å²) in [7, 11) is 0. The fourth-order valence-corrected chi connectivity index (χ4v) is 2.71. The molecular weight excluding hydrogens is 248 g/mol. The predicted molar refractivity (Wildman–Crippen MR) is 70.8 cm³/mol. The summed E-state index contributed by atoms with van der Waals surface area (Å²) in [5.41, 5.74) is 0.928. The summed E-state index contributed by atoms with van der Waals surface area (Å²) in [4.78, 5) is 33.7. The van der Waals surface area contributed by atoms with E-state index in [2.05, 4.69) is 0 Å². The van der Waals surface area contributed by atoms with E-state index in [1.54, 1.807) is 11.3 Å². The van der Waals surface area contributed by atoms with E-state index in [9.17, 15) is 14.4 Å². The Balaban J connectivity index is 2.12. The van der Waals surface area contributed by atoms with Gasteiger partial charge in [-0.1, -0.05) is 18.2 Å². The lowest BCUT2D eigenvalue weighted by Crippen LogP contribution is -2.16. The minimum Gasteiger partial charge on any atom is -0.299 e. The van der Waals surface area contributed by atoms with E-state index in [0.717, 1.165) is 15.6 Å². The number of thiophene rings is 1. The molecule has 0 saturated heterocycles. The molecule has 0 atom stereocenters. The maximum atomic E-state index is 11.7. The maximum Gasteiger partial charge on any atom is 0.205 e. The normalized spacial score (nSPS) is 10.5. The summed E-state index contributed by atoms with van der Waals surface area (Å²) in [5.74, 6) is -1.38.